The molecule has 0 heterocycles. The predicted octanol–water partition coefficient (Wildman–Crippen LogP) is 6.84. The molecule has 3 aliphatic carbocycles. The van der Waals surface area contributed by atoms with Crippen LogP contribution in [-0.4, -0.2) is 0 Å². The summed E-state index contributed by atoms with van der Waals surface area (Å²) < 4.78 is 0. The first-order valence-electron chi connectivity index (χ1n) is 10.3. The molecule has 0 nitrogen and oxygen atoms in total. The van der Waals surface area contributed by atoms with Gasteiger partial charge >= 0.3 is 0 Å². The molecule has 0 amide bonds. The summed E-state index contributed by atoms with van der Waals surface area (Å²) in [6, 6.07) is 0. The van der Waals surface area contributed by atoms with Crippen molar-refractivity contribution in [2.24, 2.45) is 35.5 Å². The molecule has 0 spiro atoms. The van der Waals surface area contributed by atoms with Gasteiger partial charge in [-0.15, -0.1) is 0 Å². The molecule has 3 saturated carbocycles. The highest BCUT2D eigenvalue weighted by molar-refractivity contribution is 4.96. The summed E-state index contributed by atoms with van der Waals surface area (Å²) in [5.74, 6) is 6.79. The van der Waals surface area contributed by atoms with Crippen LogP contribution in [-0.2, 0) is 0 Å². The smallest absolute Gasteiger partial charge is 0.0380 e. The van der Waals surface area contributed by atoms with Crippen molar-refractivity contribution in [1.29, 1.82) is 0 Å². The molecule has 3 rings (SSSR count). The Bertz CT molecular complexity index is 285. The summed E-state index contributed by atoms with van der Waals surface area (Å²) in [6.45, 7) is 4.69. The fourth-order valence-corrected chi connectivity index (χ4v) is 6.25. The van der Waals surface area contributed by atoms with Crippen LogP contribution in [0.4, 0.5) is 0 Å². The van der Waals surface area contributed by atoms with E-state index in [1.165, 1.54) is 32.1 Å². The van der Waals surface area contributed by atoms with Gasteiger partial charge in [0, 0.05) is 0 Å². The second kappa shape index (κ2) is 7.51. The third kappa shape index (κ3) is 3.85. The van der Waals surface area contributed by atoms with Crippen molar-refractivity contribution in [2.75, 3.05) is 0 Å². The zero-order valence-electron chi connectivity index (χ0n) is 14.7. The highest BCUT2D eigenvalue weighted by Gasteiger charge is 2.45. The van der Waals surface area contributed by atoms with E-state index in [2.05, 4.69) is 13.8 Å². The first-order valence-corrected chi connectivity index (χ1v) is 10.3. The van der Waals surface area contributed by atoms with Crippen molar-refractivity contribution < 1.29 is 0 Å². The lowest BCUT2D eigenvalue weighted by molar-refractivity contribution is 0.157. The van der Waals surface area contributed by atoms with Crippen LogP contribution in [0.1, 0.15) is 97.3 Å². The molecule has 0 heteroatoms. The van der Waals surface area contributed by atoms with Crippen LogP contribution in [0.15, 0.2) is 0 Å². The topological polar surface area (TPSA) is 0 Å². The second-order valence-electron chi connectivity index (χ2n) is 8.82. The van der Waals surface area contributed by atoms with Crippen LogP contribution < -0.4 is 0 Å². The van der Waals surface area contributed by atoms with Crippen LogP contribution in [0.25, 0.3) is 0 Å². The molecule has 0 aromatic carbocycles. The van der Waals surface area contributed by atoms with E-state index in [0.29, 0.717) is 0 Å². The van der Waals surface area contributed by atoms with Gasteiger partial charge in [-0.25, -0.2) is 0 Å². The van der Waals surface area contributed by atoms with Crippen molar-refractivity contribution >= 4 is 0 Å². The minimum absolute atomic E-state index is 1.11. The van der Waals surface area contributed by atoms with E-state index in [4.69, 9.17) is 0 Å². The Morgan fingerprint density at radius 2 is 0.952 bits per heavy atom. The predicted molar refractivity (Wildman–Crippen MR) is 92.3 cm³/mol. The van der Waals surface area contributed by atoms with E-state index in [0.717, 1.165) is 35.5 Å². The Morgan fingerprint density at radius 3 is 1.38 bits per heavy atom. The van der Waals surface area contributed by atoms with Crippen LogP contribution in [0.5, 0.6) is 0 Å². The van der Waals surface area contributed by atoms with Crippen LogP contribution in [0.3, 0.4) is 0 Å². The maximum Gasteiger partial charge on any atom is -0.0380 e. The average molecular weight is 291 g/mol. The standard InChI is InChI=1S/C21H38/c1-3-5-7-9-17-12-20-14-18-10-16(8-6-4-2)11-19(18)15-21(20)13-17/h16-21H,3-15H2,1-2H3. The largest absolute Gasteiger partial charge is 0.0654 e. The third-order valence-electron chi connectivity index (χ3n) is 7.27. The third-order valence-corrected chi connectivity index (χ3v) is 7.27. The summed E-state index contributed by atoms with van der Waals surface area (Å²) in [5, 5.41) is 0. The van der Waals surface area contributed by atoms with E-state index < -0.39 is 0 Å². The van der Waals surface area contributed by atoms with Gasteiger partial charge in [0.05, 0.1) is 0 Å². The van der Waals surface area contributed by atoms with Crippen molar-refractivity contribution in [2.45, 2.75) is 97.3 Å². The Balaban J connectivity index is 1.45. The summed E-state index contributed by atoms with van der Waals surface area (Å²) >= 11 is 0. The van der Waals surface area contributed by atoms with Gasteiger partial charge in [0.15, 0.2) is 0 Å². The normalized spacial score (nSPS) is 42.0. The lowest BCUT2D eigenvalue weighted by Crippen LogP contribution is -2.25. The molecule has 0 N–H and O–H groups in total. The monoisotopic (exact) mass is 290 g/mol. The van der Waals surface area contributed by atoms with Gasteiger partial charge in [0.2, 0.25) is 0 Å². The highest BCUT2D eigenvalue weighted by atomic mass is 14.5. The molecule has 4 unspecified atom stereocenters. The SMILES string of the molecule is CCCCCC1CC2CC3CC(CCCC)CC3CC2C1. The number of fused-ring (bicyclic) bond motifs is 2. The molecule has 0 aromatic heterocycles. The van der Waals surface area contributed by atoms with E-state index in [1.54, 1.807) is 51.4 Å². The second-order valence-corrected chi connectivity index (χ2v) is 8.82. The van der Waals surface area contributed by atoms with E-state index in [-0.39, 0.29) is 0 Å². The Kier molecular flexibility index (Phi) is 5.68. The minimum Gasteiger partial charge on any atom is -0.0654 e. The van der Waals surface area contributed by atoms with Crippen molar-refractivity contribution in [3.63, 3.8) is 0 Å². The van der Waals surface area contributed by atoms with E-state index in [1.807, 2.05) is 0 Å². The molecule has 0 radical (unpaired) electrons. The summed E-state index contributed by atoms with van der Waals surface area (Å²) in [5.41, 5.74) is 0. The highest BCUT2D eigenvalue weighted by Crippen LogP contribution is 2.56. The Hall–Kier alpha value is 0. The van der Waals surface area contributed by atoms with Gasteiger partial charge < -0.3 is 0 Å². The molecule has 4 atom stereocenters. The first-order chi connectivity index (χ1) is 10.3. The van der Waals surface area contributed by atoms with Crippen molar-refractivity contribution in [3.8, 4) is 0 Å². The first kappa shape index (κ1) is 15.9. The molecule has 0 saturated heterocycles. The fourth-order valence-electron chi connectivity index (χ4n) is 6.25. The Labute approximate surface area is 133 Å². The molecule has 0 aliphatic heterocycles. The van der Waals surface area contributed by atoms with E-state index >= 15 is 0 Å². The van der Waals surface area contributed by atoms with Gasteiger partial charge in [-0.3, -0.25) is 0 Å². The molecule has 3 fully saturated rings. The average Bonchev–Trinajstić information content (AvgIpc) is 3.04. The fraction of sp³-hybridized carbons (Fsp3) is 1.00. The van der Waals surface area contributed by atoms with Gasteiger partial charge in [0.1, 0.15) is 0 Å². The van der Waals surface area contributed by atoms with Crippen molar-refractivity contribution in [1.82, 2.24) is 0 Å². The van der Waals surface area contributed by atoms with Crippen molar-refractivity contribution in [3.05, 3.63) is 0 Å². The lowest BCUT2D eigenvalue weighted by atomic mass is 9.71. The molecular weight excluding hydrogens is 252 g/mol. The van der Waals surface area contributed by atoms with Gasteiger partial charge in [-0.2, -0.15) is 0 Å². The van der Waals surface area contributed by atoms with Gasteiger partial charge in [-0.1, -0.05) is 58.8 Å². The zero-order valence-corrected chi connectivity index (χ0v) is 14.7. The molecule has 3 aliphatic rings. The van der Waals surface area contributed by atoms with Crippen LogP contribution >= 0.6 is 0 Å². The lowest BCUT2D eigenvalue weighted by Gasteiger charge is -2.34. The molecule has 122 valence electrons. The summed E-state index contributed by atoms with van der Waals surface area (Å²) in [6.07, 6.45) is 20.0. The van der Waals surface area contributed by atoms with Gasteiger partial charge in [-0.05, 0) is 74.0 Å². The molecule has 21 heavy (non-hydrogen) atoms. The maximum absolute atomic E-state index is 2.35. The number of rotatable bonds is 7. The Morgan fingerprint density at radius 1 is 0.524 bits per heavy atom. The quantitative estimate of drug-likeness (QED) is 0.450. The van der Waals surface area contributed by atoms with Gasteiger partial charge in [0.25, 0.3) is 0 Å². The zero-order chi connectivity index (χ0) is 14.7. The maximum atomic E-state index is 2.35. The molecule has 0 bridgehead atoms. The number of hydrogen-bond donors (Lipinski definition) is 0. The molecular formula is C21H38. The minimum atomic E-state index is 1.11. The summed E-state index contributed by atoms with van der Waals surface area (Å²) in [4.78, 5) is 0. The molecule has 0 aromatic rings. The van der Waals surface area contributed by atoms with E-state index in [9.17, 15) is 0 Å². The van der Waals surface area contributed by atoms with Crippen LogP contribution in [0.2, 0.25) is 0 Å². The summed E-state index contributed by atoms with van der Waals surface area (Å²) in [7, 11) is 0. The number of unbranched alkanes of at least 4 members (excludes halogenated alkanes) is 3. The number of hydrogen-bond acceptors (Lipinski definition) is 0. The van der Waals surface area contributed by atoms with Crippen LogP contribution in [0, 0.1) is 35.5 Å².